The summed E-state index contributed by atoms with van der Waals surface area (Å²) < 4.78 is 102. The lowest BCUT2D eigenvalue weighted by atomic mass is 9.91. The molecule has 2 amide bonds. The number of nitrogens with zero attached hydrogens (tertiary/aromatic N) is 1. The van der Waals surface area contributed by atoms with Crippen LogP contribution in [0.5, 0.6) is 11.5 Å². The van der Waals surface area contributed by atoms with Crippen LogP contribution in [0.3, 0.4) is 0 Å². The Hall–Kier alpha value is -5.04. The maximum atomic E-state index is 13.0. The Bertz CT molecular complexity index is 2670. The normalized spacial score (nSPS) is 17.7. The molecular formula is C56H77N5O14S2. The molecule has 1 heterocycles. The Morgan fingerprint density at radius 3 is 1.45 bits per heavy atom. The zero-order valence-corrected chi connectivity index (χ0v) is 46.1. The summed E-state index contributed by atoms with van der Waals surface area (Å²) in [4.78, 5) is 28.4. The number of hydrogen-bond donors (Lipinski definition) is 4. The highest BCUT2D eigenvalue weighted by molar-refractivity contribution is 7.89. The van der Waals surface area contributed by atoms with E-state index in [2.05, 4.69) is 55.3 Å². The van der Waals surface area contributed by atoms with Crippen molar-refractivity contribution in [1.82, 2.24) is 25.0 Å². The van der Waals surface area contributed by atoms with Gasteiger partial charge in [-0.2, -0.15) is 0 Å². The number of piperidine rings is 1. The molecule has 1 saturated heterocycles. The highest BCUT2D eigenvalue weighted by Crippen LogP contribution is 2.39. The Kier molecular flexibility index (Phi) is 23.5. The predicted molar refractivity (Wildman–Crippen MR) is 289 cm³/mol. The first-order valence-corrected chi connectivity index (χ1v) is 29.7. The molecule has 2 aliphatic carbocycles. The number of amides is 2. The standard InChI is InChI=1S/C56H77N5O14S2/c1-56(2,54(62)57-24-30-68-34-38-72-40-36-70-32-26-59-76(64,65)47-19-15-45(16-20-47)74-52-23-14-43-10-4-6-12-49(43)52)55(63)58-25-31-69-35-39-73-41-37-71-33-27-60-77(66,67)48-21-17-46(18-22-48)75-53-50-13-7-5-11-44(50)42-51(53)61-28-8-3-9-29-61/h4-7,10-13,15-22,51-53,59-60H,3,8-9,14,23-42H2,1-2H3,(H,57,62)(H,58,63)/t51-,52+,53-/m0/s1. The molecule has 0 radical (unpaired) electrons. The minimum Gasteiger partial charge on any atom is -0.486 e. The molecule has 1 aliphatic heterocycles. The molecule has 4 N–H and O–H groups in total. The molecule has 3 atom stereocenters. The monoisotopic (exact) mass is 1110 g/mol. The first-order valence-electron chi connectivity index (χ1n) is 26.8. The van der Waals surface area contributed by atoms with Crippen LogP contribution in [0.25, 0.3) is 0 Å². The van der Waals surface area contributed by atoms with Gasteiger partial charge in [0.1, 0.15) is 29.1 Å². The van der Waals surface area contributed by atoms with Crippen molar-refractivity contribution in [3.63, 3.8) is 0 Å². The second kappa shape index (κ2) is 30.4. The molecule has 19 nitrogen and oxygen atoms in total. The van der Waals surface area contributed by atoms with E-state index in [4.69, 9.17) is 37.9 Å². The van der Waals surface area contributed by atoms with Crippen LogP contribution in [-0.2, 0) is 70.9 Å². The number of fused-ring (bicyclic) bond motifs is 2. The number of likely N-dealkylation sites (tertiary alicyclic amines) is 1. The van der Waals surface area contributed by atoms with Gasteiger partial charge in [-0.3, -0.25) is 14.5 Å². The third-order valence-corrected chi connectivity index (χ3v) is 16.6. The third-order valence-electron chi connectivity index (χ3n) is 13.7. The number of carbonyl (C=O) groups is 2. The van der Waals surface area contributed by atoms with Gasteiger partial charge in [-0.25, -0.2) is 26.3 Å². The fraction of sp³-hybridized carbons (Fsp3) is 0.536. The number of ether oxygens (including phenoxy) is 8. The van der Waals surface area contributed by atoms with Gasteiger partial charge in [-0.05, 0) is 130 Å². The van der Waals surface area contributed by atoms with Crippen LogP contribution < -0.4 is 29.6 Å². The number of nitrogens with one attached hydrogen (secondary N) is 4. The number of hydrogen-bond acceptors (Lipinski definition) is 15. The number of aryl methyl sites for hydroxylation is 1. The smallest absolute Gasteiger partial charge is 0.240 e. The van der Waals surface area contributed by atoms with Crippen molar-refractivity contribution in [2.24, 2.45) is 5.41 Å². The molecule has 0 unspecified atom stereocenters. The summed E-state index contributed by atoms with van der Waals surface area (Å²) in [7, 11) is -7.46. The maximum Gasteiger partial charge on any atom is 0.240 e. The summed E-state index contributed by atoms with van der Waals surface area (Å²) in [5.41, 5.74) is 3.64. The SMILES string of the molecule is CC(C)(C(=O)NCCOCCOCCOCCNS(=O)(=O)c1ccc(O[C@@H]2CCc3ccccc32)cc1)C(=O)NCCOCCOCCOCCNS(=O)(=O)c1ccc(O[C@H]2c3ccccc3C[C@@H]2N2CCCCC2)cc1. The molecule has 1 fully saturated rings. The zero-order valence-electron chi connectivity index (χ0n) is 44.4. The Morgan fingerprint density at radius 1 is 0.519 bits per heavy atom. The molecule has 0 bridgehead atoms. The van der Waals surface area contributed by atoms with Gasteiger partial charge in [-0.1, -0.05) is 55.0 Å². The maximum absolute atomic E-state index is 13.0. The Labute approximate surface area is 454 Å². The van der Waals surface area contributed by atoms with Gasteiger partial charge in [-0.15, -0.1) is 0 Å². The zero-order chi connectivity index (χ0) is 54.4. The minimum atomic E-state index is -3.75. The van der Waals surface area contributed by atoms with E-state index in [-0.39, 0.29) is 107 Å². The van der Waals surface area contributed by atoms with E-state index in [1.54, 1.807) is 36.4 Å². The molecule has 7 rings (SSSR count). The molecule has 422 valence electrons. The summed E-state index contributed by atoms with van der Waals surface area (Å²) >= 11 is 0. The van der Waals surface area contributed by atoms with Gasteiger partial charge in [0, 0.05) is 26.2 Å². The third kappa shape index (κ3) is 18.3. The fourth-order valence-corrected chi connectivity index (χ4v) is 11.4. The largest absolute Gasteiger partial charge is 0.486 e. The van der Waals surface area contributed by atoms with Gasteiger partial charge < -0.3 is 48.5 Å². The van der Waals surface area contributed by atoms with Gasteiger partial charge >= 0.3 is 0 Å². The molecule has 0 saturated carbocycles. The molecule has 21 heteroatoms. The van der Waals surface area contributed by atoms with Crippen LogP contribution in [0.15, 0.2) is 107 Å². The number of sulfonamides is 2. The average molecular weight is 1110 g/mol. The summed E-state index contributed by atoms with van der Waals surface area (Å²) in [6, 6.07) is 29.9. The molecule has 77 heavy (non-hydrogen) atoms. The quantitative estimate of drug-likeness (QED) is 0.0355. The number of benzene rings is 4. The lowest BCUT2D eigenvalue weighted by molar-refractivity contribution is -0.141. The topological polar surface area (TPSA) is 228 Å². The van der Waals surface area contributed by atoms with Crippen molar-refractivity contribution < 1.29 is 64.3 Å². The van der Waals surface area contributed by atoms with E-state index in [9.17, 15) is 26.4 Å². The second-order valence-corrected chi connectivity index (χ2v) is 23.0. The van der Waals surface area contributed by atoms with E-state index in [0.29, 0.717) is 37.9 Å². The highest BCUT2D eigenvalue weighted by atomic mass is 32.2. The van der Waals surface area contributed by atoms with Crippen molar-refractivity contribution in [2.45, 2.75) is 80.4 Å². The Morgan fingerprint density at radius 2 is 0.948 bits per heavy atom. The van der Waals surface area contributed by atoms with Crippen LogP contribution >= 0.6 is 0 Å². The van der Waals surface area contributed by atoms with E-state index >= 15 is 0 Å². The lowest BCUT2D eigenvalue weighted by Gasteiger charge is -2.35. The molecular weight excluding hydrogens is 1030 g/mol. The molecule has 4 aromatic carbocycles. The number of carbonyl (C=O) groups excluding carboxylic acids is 2. The minimum absolute atomic E-state index is 0.0408. The summed E-state index contributed by atoms with van der Waals surface area (Å²) in [5, 5.41) is 5.45. The lowest BCUT2D eigenvalue weighted by Crippen LogP contribution is -2.49. The number of rotatable bonds is 35. The summed E-state index contributed by atoms with van der Waals surface area (Å²) in [6.07, 6.45) is 6.29. The molecule has 0 aromatic heterocycles. The van der Waals surface area contributed by atoms with Crippen molar-refractivity contribution in [2.75, 3.05) is 119 Å². The molecule has 0 spiro atoms. The van der Waals surface area contributed by atoms with E-state index in [1.165, 1.54) is 67.5 Å². The fourth-order valence-electron chi connectivity index (χ4n) is 9.36. The average Bonchev–Trinajstić information content (AvgIpc) is 4.05. The van der Waals surface area contributed by atoms with Gasteiger partial charge in [0.15, 0.2) is 0 Å². The Balaban J connectivity index is 0.627. The van der Waals surface area contributed by atoms with Crippen molar-refractivity contribution in [3.05, 3.63) is 119 Å². The highest BCUT2D eigenvalue weighted by Gasteiger charge is 2.39. The van der Waals surface area contributed by atoms with Crippen LogP contribution in [-0.4, -0.2) is 158 Å². The van der Waals surface area contributed by atoms with Crippen LogP contribution in [0.1, 0.15) is 74.0 Å². The van der Waals surface area contributed by atoms with E-state index < -0.39 is 37.3 Å². The second-order valence-electron chi connectivity index (χ2n) is 19.5. The van der Waals surface area contributed by atoms with Crippen LogP contribution in [0, 0.1) is 5.41 Å². The first-order chi connectivity index (χ1) is 37.3. The van der Waals surface area contributed by atoms with E-state index in [1.807, 2.05) is 18.2 Å². The van der Waals surface area contributed by atoms with Crippen LogP contribution in [0.2, 0.25) is 0 Å². The summed E-state index contributed by atoms with van der Waals surface area (Å²) in [6.45, 7) is 8.89. The molecule has 3 aliphatic rings. The predicted octanol–water partition coefficient (Wildman–Crippen LogP) is 4.90. The van der Waals surface area contributed by atoms with Gasteiger partial charge in [0.25, 0.3) is 0 Å². The van der Waals surface area contributed by atoms with Crippen molar-refractivity contribution >= 4 is 31.9 Å². The van der Waals surface area contributed by atoms with Crippen molar-refractivity contribution in [3.8, 4) is 11.5 Å². The van der Waals surface area contributed by atoms with Crippen LogP contribution in [0.4, 0.5) is 0 Å². The first kappa shape index (κ1) is 59.6. The van der Waals surface area contributed by atoms with Crippen molar-refractivity contribution in [1.29, 1.82) is 0 Å². The van der Waals surface area contributed by atoms with E-state index in [0.717, 1.165) is 32.4 Å². The molecule has 4 aromatic rings. The van der Waals surface area contributed by atoms with Gasteiger partial charge in [0.2, 0.25) is 31.9 Å². The van der Waals surface area contributed by atoms with Gasteiger partial charge in [0.05, 0.1) is 95.1 Å². The summed E-state index contributed by atoms with van der Waals surface area (Å²) in [5.74, 6) is 0.361.